The Hall–Kier alpha value is 0.01000. The van der Waals surface area contributed by atoms with E-state index in [0.29, 0.717) is 5.02 Å². The van der Waals surface area contributed by atoms with Gasteiger partial charge in [0.2, 0.25) is 0 Å². The number of alkyl halides is 1. The average molecular weight is 326 g/mol. The Morgan fingerprint density at radius 2 is 2.12 bits per heavy atom. The zero-order valence-electron chi connectivity index (χ0n) is 9.22. The second kappa shape index (κ2) is 7.36. The number of unbranched alkanes of at least 4 members (excludes halogenated alkanes) is 2. The van der Waals surface area contributed by atoms with Crippen molar-refractivity contribution < 1.29 is 0 Å². The van der Waals surface area contributed by atoms with Crippen LogP contribution in [0, 0.1) is 0 Å². The van der Waals surface area contributed by atoms with Crippen molar-refractivity contribution in [1.82, 2.24) is 4.98 Å². The van der Waals surface area contributed by atoms with E-state index in [0.717, 1.165) is 42.0 Å². The van der Waals surface area contributed by atoms with E-state index in [2.05, 4.69) is 25.8 Å². The zero-order valence-corrected chi connectivity index (χ0v) is 12.3. The van der Waals surface area contributed by atoms with E-state index in [1.165, 1.54) is 0 Å². The number of aromatic nitrogens is 1. The van der Waals surface area contributed by atoms with Crippen molar-refractivity contribution >= 4 is 44.9 Å². The normalized spacial score (nSPS) is 10.5. The second-order valence-corrected chi connectivity index (χ2v) is 5.33. The van der Waals surface area contributed by atoms with Crippen molar-refractivity contribution in [3.05, 3.63) is 21.8 Å². The number of hydrogen-bond donors (Lipinski definition) is 0. The molecule has 1 heterocycles. The van der Waals surface area contributed by atoms with Crippen LogP contribution < -0.4 is 4.90 Å². The zero-order chi connectivity index (χ0) is 12.0. The van der Waals surface area contributed by atoms with Crippen LogP contribution in [0.5, 0.6) is 0 Å². The van der Waals surface area contributed by atoms with Gasteiger partial charge in [0.15, 0.2) is 0 Å². The number of anilines is 1. The third-order valence-electron chi connectivity index (χ3n) is 2.28. The summed E-state index contributed by atoms with van der Waals surface area (Å²) in [6.07, 6.45) is 5.08. The Bertz CT molecular complexity index is 334. The van der Waals surface area contributed by atoms with Gasteiger partial charge in [-0.05, 0) is 34.8 Å². The number of halogens is 3. The number of pyridine rings is 1. The predicted molar refractivity (Wildman–Crippen MR) is 74.8 cm³/mol. The smallest absolute Gasteiger partial charge is 0.147 e. The molecular formula is C11H15BrCl2N2. The molecule has 1 aromatic rings. The number of nitrogens with zero attached hydrogens (tertiary/aromatic N) is 2. The first-order valence-corrected chi connectivity index (χ1v) is 6.94. The molecule has 0 spiro atoms. The molecule has 0 saturated heterocycles. The van der Waals surface area contributed by atoms with Gasteiger partial charge in [0.25, 0.3) is 0 Å². The van der Waals surface area contributed by atoms with Crippen molar-refractivity contribution in [3.63, 3.8) is 0 Å². The topological polar surface area (TPSA) is 16.1 Å². The lowest BCUT2D eigenvalue weighted by Crippen LogP contribution is -2.20. The molecule has 0 bridgehead atoms. The SMILES string of the molecule is CN(CCCCCCl)c1ncc(Br)cc1Cl. The van der Waals surface area contributed by atoms with E-state index < -0.39 is 0 Å². The summed E-state index contributed by atoms with van der Waals surface area (Å²) in [5.41, 5.74) is 0. The molecule has 0 aliphatic carbocycles. The van der Waals surface area contributed by atoms with Crippen LogP contribution in [0.4, 0.5) is 5.82 Å². The molecule has 0 amide bonds. The summed E-state index contributed by atoms with van der Waals surface area (Å²) >= 11 is 15.1. The summed E-state index contributed by atoms with van der Waals surface area (Å²) in [4.78, 5) is 6.37. The molecule has 16 heavy (non-hydrogen) atoms. The third kappa shape index (κ3) is 4.48. The van der Waals surface area contributed by atoms with E-state index in [4.69, 9.17) is 23.2 Å². The number of rotatable bonds is 6. The molecule has 0 N–H and O–H groups in total. The molecular weight excluding hydrogens is 311 g/mol. The van der Waals surface area contributed by atoms with Crippen LogP contribution in [0.15, 0.2) is 16.7 Å². The maximum absolute atomic E-state index is 6.11. The summed E-state index contributed by atoms with van der Waals surface area (Å²) in [5, 5.41) is 0.675. The molecule has 0 fully saturated rings. The van der Waals surface area contributed by atoms with Gasteiger partial charge in [0, 0.05) is 30.1 Å². The van der Waals surface area contributed by atoms with Crippen LogP contribution in [0.25, 0.3) is 0 Å². The molecule has 5 heteroatoms. The Kier molecular flexibility index (Phi) is 6.47. The van der Waals surface area contributed by atoms with E-state index in [9.17, 15) is 0 Å². The van der Waals surface area contributed by atoms with Gasteiger partial charge in [0.05, 0.1) is 5.02 Å². The van der Waals surface area contributed by atoms with Crippen molar-refractivity contribution in [1.29, 1.82) is 0 Å². The Morgan fingerprint density at radius 3 is 2.75 bits per heavy atom. The van der Waals surface area contributed by atoms with Gasteiger partial charge in [-0.15, -0.1) is 11.6 Å². The molecule has 0 aliphatic rings. The van der Waals surface area contributed by atoms with Gasteiger partial charge >= 0.3 is 0 Å². The molecule has 0 atom stereocenters. The van der Waals surface area contributed by atoms with Crippen molar-refractivity contribution in [2.75, 3.05) is 24.4 Å². The van der Waals surface area contributed by atoms with Gasteiger partial charge in [-0.3, -0.25) is 0 Å². The summed E-state index contributed by atoms with van der Waals surface area (Å²) in [7, 11) is 2.00. The summed E-state index contributed by atoms with van der Waals surface area (Å²) < 4.78 is 0.900. The highest BCUT2D eigenvalue weighted by Gasteiger charge is 2.07. The first-order chi connectivity index (χ1) is 7.65. The highest BCUT2D eigenvalue weighted by molar-refractivity contribution is 9.10. The Balaban J connectivity index is 2.49. The van der Waals surface area contributed by atoms with Crippen LogP contribution >= 0.6 is 39.1 Å². The average Bonchev–Trinajstić information content (AvgIpc) is 2.24. The number of hydrogen-bond acceptors (Lipinski definition) is 2. The van der Waals surface area contributed by atoms with Crippen LogP contribution in [-0.2, 0) is 0 Å². The summed E-state index contributed by atoms with van der Waals surface area (Å²) in [6, 6.07) is 1.86. The monoisotopic (exact) mass is 324 g/mol. The second-order valence-electron chi connectivity index (χ2n) is 3.63. The lowest BCUT2D eigenvalue weighted by molar-refractivity contribution is 0.704. The fourth-order valence-electron chi connectivity index (χ4n) is 1.41. The van der Waals surface area contributed by atoms with Crippen molar-refractivity contribution in [2.45, 2.75) is 19.3 Å². The highest BCUT2D eigenvalue weighted by atomic mass is 79.9. The first-order valence-electron chi connectivity index (χ1n) is 5.23. The fourth-order valence-corrected chi connectivity index (χ4v) is 2.38. The maximum Gasteiger partial charge on any atom is 0.147 e. The van der Waals surface area contributed by atoms with E-state index >= 15 is 0 Å². The van der Waals surface area contributed by atoms with Crippen LogP contribution in [-0.4, -0.2) is 24.5 Å². The van der Waals surface area contributed by atoms with Gasteiger partial charge in [-0.1, -0.05) is 18.0 Å². The third-order valence-corrected chi connectivity index (χ3v) is 3.26. The molecule has 0 saturated carbocycles. The molecule has 0 aliphatic heterocycles. The minimum absolute atomic E-state index is 0.675. The molecule has 2 nitrogen and oxygen atoms in total. The molecule has 0 unspecified atom stereocenters. The lowest BCUT2D eigenvalue weighted by Gasteiger charge is -2.19. The van der Waals surface area contributed by atoms with E-state index in [-0.39, 0.29) is 0 Å². The molecule has 90 valence electrons. The summed E-state index contributed by atoms with van der Waals surface area (Å²) in [6.45, 7) is 0.950. The fraction of sp³-hybridized carbons (Fsp3) is 0.545. The molecule has 0 radical (unpaired) electrons. The molecule has 0 aromatic carbocycles. The van der Waals surface area contributed by atoms with Gasteiger partial charge < -0.3 is 4.90 Å². The highest BCUT2D eigenvalue weighted by Crippen LogP contribution is 2.25. The largest absolute Gasteiger partial charge is 0.358 e. The van der Waals surface area contributed by atoms with Crippen molar-refractivity contribution in [2.24, 2.45) is 0 Å². The molecule has 1 rings (SSSR count). The Morgan fingerprint density at radius 1 is 1.38 bits per heavy atom. The van der Waals surface area contributed by atoms with Crippen LogP contribution in [0.1, 0.15) is 19.3 Å². The quantitative estimate of drug-likeness (QED) is 0.571. The van der Waals surface area contributed by atoms with Crippen molar-refractivity contribution in [3.8, 4) is 0 Å². The van der Waals surface area contributed by atoms with Gasteiger partial charge in [-0.2, -0.15) is 0 Å². The minimum atomic E-state index is 0.675. The van der Waals surface area contributed by atoms with Gasteiger partial charge in [-0.25, -0.2) is 4.98 Å². The maximum atomic E-state index is 6.11. The van der Waals surface area contributed by atoms with E-state index in [1.807, 2.05) is 13.1 Å². The van der Waals surface area contributed by atoms with Crippen LogP contribution in [0.3, 0.4) is 0 Å². The standard InChI is InChI=1S/C11H15BrCl2N2/c1-16(6-4-2-3-5-13)11-10(14)7-9(12)8-15-11/h7-8H,2-6H2,1H3. The summed E-state index contributed by atoms with van der Waals surface area (Å²) in [5.74, 6) is 1.57. The predicted octanol–water partition coefficient (Wildman–Crippen LogP) is 4.34. The minimum Gasteiger partial charge on any atom is -0.358 e. The molecule has 1 aromatic heterocycles. The van der Waals surface area contributed by atoms with Crippen LogP contribution in [0.2, 0.25) is 5.02 Å². The van der Waals surface area contributed by atoms with Gasteiger partial charge in [0.1, 0.15) is 5.82 Å². The lowest BCUT2D eigenvalue weighted by atomic mass is 10.2. The first kappa shape index (κ1) is 14.1. The Labute approximate surface area is 115 Å². The van der Waals surface area contributed by atoms with E-state index in [1.54, 1.807) is 6.20 Å².